The Morgan fingerprint density at radius 1 is 1.05 bits per heavy atom. The third-order valence-corrected chi connectivity index (χ3v) is 7.24. The molecule has 2 aromatic rings. The van der Waals surface area contributed by atoms with Gasteiger partial charge in [0.2, 0.25) is 6.35 Å². The van der Waals surface area contributed by atoms with Crippen molar-refractivity contribution in [1.29, 1.82) is 0 Å². The number of rotatable bonds is 7. The molecule has 2 aromatic carbocycles. The fourth-order valence-corrected chi connectivity index (χ4v) is 4.85. The summed E-state index contributed by atoms with van der Waals surface area (Å²) in [4.78, 5) is 1.50. The van der Waals surface area contributed by atoms with E-state index < -0.39 is 47.0 Å². The van der Waals surface area contributed by atoms with Crippen LogP contribution in [0, 0.1) is 0 Å². The minimum absolute atomic E-state index is 0.0772. The number of halogens is 6. The molecule has 4 N–H and O–H groups in total. The normalized spacial score (nSPS) is 26.9. The topological polar surface area (TPSA) is 89.4 Å². The molecular weight excluding hydrogens is 518 g/mol. The number of nitrogens with zero attached hydrogens (tertiary/aromatic N) is 2. The second-order valence-corrected chi connectivity index (χ2v) is 9.63. The van der Waals surface area contributed by atoms with Crippen LogP contribution in [-0.2, 0) is 22.6 Å². The number of hydrazone groups is 1. The zero-order valence-electron chi connectivity index (χ0n) is 20.4. The van der Waals surface area contributed by atoms with Crippen LogP contribution in [0.4, 0.5) is 26.3 Å². The fourth-order valence-electron chi connectivity index (χ4n) is 4.85. The lowest BCUT2D eigenvalue weighted by Crippen LogP contribution is -2.67. The molecule has 4 atom stereocenters. The quantitative estimate of drug-likeness (QED) is 0.394. The minimum atomic E-state index is -4.96. The van der Waals surface area contributed by atoms with E-state index in [1.165, 1.54) is 18.2 Å². The van der Waals surface area contributed by atoms with Crippen molar-refractivity contribution in [3.63, 3.8) is 0 Å². The van der Waals surface area contributed by atoms with Crippen LogP contribution in [0.25, 0.3) is 0 Å². The summed E-state index contributed by atoms with van der Waals surface area (Å²) in [6.45, 7) is 1.20. The first kappa shape index (κ1) is 28.1. The molecule has 2 heterocycles. The zero-order chi connectivity index (χ0) is 27.8. The first-order valence-corrected chi connectivity index (χ1v) is 11.9. The largest absolute Gasteiger partial charge is 0.416 e. The third-order valence-electron chi connectivity index (χ3n) is 7.24. The zero-order valence-corrected chi connectivity index (χ0v) is 20.4. The minimum Gasteiger partial charge on any atom is -0.394 e. The highest BCUT2D eigenvalue weighted by Crippen LogP contribution is 2.40. The first-order valence-electron chi connectivity index (χ1n) is 11.9. The fraction of sp³-hybridized carbons (Fsp3) is 0.480. The second kappa shape index (κ2) is 10.4. The Bertz CT molecular complexity index is 1100. The molecule has 1 fully saturated rings. The Kier molecular flexibility index (Phi) is 7.67. The van der Waals surface area contributed by atoms with Crippen LogP contribution in [0.1, 0.15) is 48.1 Å². The summed E-state index contributed by atoms with van der Waals surface area (Å²) in [6.07, 6.45) is -10.0. The van der Waals surface area contributed by atoms with E-state index in [-0.39, 0.29) is 31.4 Å². The Labute approximate surface area is 215 Å². The van der Waals surface area contributed by atoms with Crippen molar-refractivity contribution in [3.8, 4) is 0 Å². The summed E-state index contributed by atoms with van der Waals surface area (Å²) in [6, 6.07) is 10.5. The van der Waals surface area contributed by atoms with Crippen molar-refractivity contribution in [2.45, 2.75) is 55.7 Å². The number of hydrogen-bond acceptors (Lipinski definition) is 7. The maximum absolute atomic E-state index is 13.3. The number of nitrogens with one attached hydrogen (secondary N) is 2. The van der Waals surface area contributed by atoms with E-state index in [4.69, 9.17) is 4.74 Å². The lowest BCUT2D eigenvalue weighted by atomic mass is 9.76. The van der Waals surface area contributed by atoms with Crippen LogP contribution < -0.4 is 10.7 Å². The molecule has 0 bridgehead atoms. The summed E-state index contributed by atoms with van der Waals surface area (Å²) < 4.78 is 86.0. The smallest absolute Gasteiger partial charge is 0.394 e. The van der Waals surface area contributed by atoms with E-state index in [1.807, 2.05) is 18.2 Å². The number of aliphatic hydroxyl groups excluding tert-OH is 2. The SMILES string of the molecule is C[C@@H](OC[C@@]1(c2ccccc2)CC[C@](CO)(N2C=NNC2O)CN1)c1cc(C(F)(F)F)cc(C(F)(F)F)c1. The molecule has 0 aromatic heterocycles. The Hall–Kier alpha value is -2.87. The van der Waals surface area contributed by atoms with Gasteiger partial charge >= 0.3 is 12.4 Å². The molecule has 4 rings (SSSR count). The van der Waals surface area contributed by atoms with Crippen LogP contribution in [0.15, 0.2) is 53.6 Å². The number of hydrogen-bond donors (Lipinski definition) is 4. The molecule has 0 saturated carbocycles. The third kappa shape index (κ3) is 5.60. The van der Waals surface area contributed by atoms with E-state index in [9.17, 15) is 36.6 Å². The Morgan fingerprint density at radius 2 is 1.68 bits per heavy atom. The summed E-state index contributed by atoms with van der Waals surface area (Å²) in [5.74, 6) is 0. The summed E-state index contributed by atoms with van der Waals surface area (Å²) in [5.41, 5.74) is -1.53. The average molecular weight is 547 g/mol. The molecule has 0 aliphatic carbocycles. The van der Waals surface area contributed by atoms with Gasteiger partial charge in [0.05, 0.1) is 41.5 Å². The van der Waals surface area contributed by atoms with Gasteiger partial charge in [-0.1, -0.05) is 30.3 Å². The molecule has 0 amide bonds. The predicted molar refractivity (Wildman–Crippen MR) is 125 cm³/mol. The Balaban J connectivity index is 1.59. The van der Waals surface area contributed by atoms with E-state index in [0.29, 0.717) is 25.0 Å². The van der Waals surface area contributed by atoms with Gasteiger partial charge in [-0.05, 0) is 49.1 Å². The van der Waals surface area contributed by atoms with Crippen LogP contribution in [0.5, 0.6) is 0 Å². The highest BCUT2D eigenvalue weighted by molar-refractivity contribution is 5.58. The van der Waals surface area contributed by atoms with Gasteiger partial charge < -0.3 is 25.2 Å². The van der Waals surface area contributed by atoms with Gasteiger partial charge in [-0.2, -0.15) is 31.4 Å². The van der Waals surface area contributed by atoms with Crippen LogP contribution >= 0.6 is 0 Å². The number of ether oxygens (including phenoxy) is 1. The van der Waals surface area contributed by atoms with Crippen molar-refractivity contribution in [1.82, 2.24) is 15.6 Å². The monoisotopic (exact) mass is 546 g/mol. The number of alkyl halides is 6. The Morgan fingerprint density at radius 3 is 2.16 bits per heavy atom. The van der Waals surface area contributed by atoms with Gasteiger partial charge in [0.25, 0.3) is 0 Å². The number of piperidine rings is 1. The van der Waals surface area contributed by atoms with Gasteiger partial charge in [-0.15, -0.1) is 0 Å². The van der Waals surface area contributed by atoms with Gasteiger partial charge in [0.15, 0.2) is 0 Å². The van der Waals surface area contributed by atoms with Gasteiger partial charge in [0.1, 0.15) is 6.34 Å². The summed E-state index contributed by atoms with van der Waals surface area (Å²) in [7, 11) is 0. The van der Waals surface area contributed by atoms with Crippen molar-refractivity contribution < 1.29 is 41.3 Å². The summed E-state index contributed by atoms with van der Waals surface area (Å²) in [5, 5.41) is 27.6. The van der Waals surface area contributed by atoms with E-state index in [0.717, 1.165) is 5.56 Å². The van der Waals surface area contributed by atoms with Crippen LogP contribution in [0.3, 0.4) is 0 Å². The highest BCUT2D eigenvalue weighted by atomic mass is 19.4. The van der Waals surface area contributed by atoms with Gasteiger partial charge in [0, 0.05) is 6.54 Å². The van der Waals surface area contributed by atoms with Crippen LogP contribution in [0.2, 0.25) is 0 Å². The van der Waals surface area contributed by atoms with Crippen molar-refractivity contribution in [2.75, 3.05) is 19.8 Å². The second-order valence-electron chi connectivity index (χ2n) is 9.63. The molecule has 2 aliphatic rings. The standard InChI is InChI=1S/C25H28F6N4O3/c1-16(17-9-19(24(26,27)28)11-20(10-17)25(29,30)31)38-14-23(18-5-3-2-4-6-18)8-7-22(13-36,12-32-23)35-15-33-34-21(35)37/h2-6,9-11,15-16,21,32,34,36-37H,7-8,12-14H2,1H3/t16-,21?,22+,23-/m1/s1. The molecular formula is C25H28F6N4O3. The molecule has 0 radical (unpaired) electrons. The molecule has 208 valence electrons. The summed E-state index contributed by atoms with van der Waals surface area (Å²) >= 11 is 0. The molecule has 1 unspecified atom stereocenters. The van der Waals surface area contributed by atoms with Crippen LogP contribution in [-0.4, -0.2) is 53.1 Å². The van der Waals surface area contributed by atoms with Gasteiger partial charge in [-0.25, -0.2) is 0 Å². The molecule has 13 heteroatoms. The van der Waals surface area contributed by atoms with Crippen molar-refractivity contribution in [3.05, 3.63) is 70.8 Å². The molecule has 2 aliphatic heterocycles. The van der Waals surface area contributed by atoms with E-state index in [2.05, 4.69) is 15.8 Å². The molecule has 7 nitrogen and oxygen atoms in total. The number of aliphatic hydroxyl groups is 2. The van der Waals surface area contributed by atoms with Gasteiger partial charge in [-0.3, -0.25) is 5.43 Å². The molecule has 38 heavy (non-hydrogen) atoms. The highest BCUT2D eigenvalue weighted by Gasteiger charge is 2.48. The van der Waals surface area contributed by atoms with Crippen molar-refractivity contribution >= 4 is 6.34 Å². The lowest BCUT2D eigenvalue weighted by molar-refractivity contribution is -0.143. The van der Waals surface area contributed by atoms with E-state index in [1.54, 1.807) is 12.1 Å². The maximum Gasteiger partial charge on any atom is 0.416 e. The average Bonchev–Trinajstić information content (AvgIpc) is 3.33. The maximum atomic E-state index is 13.3. The first-order chi connectivity index (χ1) is 17.8. The van der Waals surface area contributed by atoms with E-state index >= 15 is 0 Å². The molecule has 0 spiro atoms. The lowest BCUT2D eigenvalue weighted by Gasteiger charge is -2.50. The predicted octanol–water partition coefficient (Wildman–Crippen LogP) is 3.94. The number of benzene rings is 2. The van der Waals surface area contributed by atoms with Crippen molar-refractivity contribution in [2.24, 2.45) is 5.10 Å². The molecule has 1 saturated heterocycles.